The van der Waals surface area contributed by atoms with Crippen LogP contribution in [-0.2, 0) is 6.54 Å². The number of nitrogens with one attached hydrogen (secondary N) is 1. The van der Waals surface area contributed by atoms with Gasteiger partial charge in [0.25, 0.3) is 5.56 Å². The summed E-state index contributed by atoms with van der Waals surface area (Å²) in [5, 5.41) is 0. The van der Waals surface area contributed by atoms with E-state index >= 15 is 0 Å². The minimum absolute atomic E-state index is 0.161. The largest absolute Gasteiger partial charge is 0.369 e. The van der Waals surface area contributed by atoms with Crippen molar-refractivity contribution in [1.29, 1.82) is 0 Å². The van der Waals surface area contributed by atoms with Crippen LogP contribution in [0.15, 0.2) is 27.6 Å². The Labute approximate surface area is 149 Å². The first-order valence-corrected chi connectivity index (χ1v) is 8.64. The van der Waals surface area contributed by atoms with Crippen molar-refractivity contribution in [2.45, 2.75) is 25.9 Å². The lowest BCUT2D eigenvalue weighted by Crippen LogP contribution is -2.35. The molecule has 2 aromatic rings. The molecule has 1 aliphatic rings. The number of nitrogens with zero attached hydrogens (tertiary/aromatic N) is 4. The average molecular weight is 393 g/mol. The van der Waals surface area contributed by atoms with Crippen molar-refractivity contribution in [2.75, 3.05) is 30.8 Å². The van der Waals surface area contributed by atoms with Gasteiger partial charge in [-0.3, -0.25) is 14.7 Å². The molecule has 0 aromatic carbocycles. The van der Waals surface area contributed by atoms with Crippen LogP contribution in [-0.4, -0.2) is 46.0 Å². The van der Waals surface area contributed by atoms with E-state index in [1.165, 1.54) is 11.6 Å². The van der Waals surface area contributed by atoms with Gasteiger partial charge in [0.1, 0.15) is 5.82 Å². The number of aromatic amines is 1. The standard InChI is InChI=1S/C16H21BrN6O/c1-10-5-14(19-7-13(10)17)23-4-3-12(9-23)22(2)8-11-6-15(24)21-16(18)20-11/h5-7,12H,3-4,8-9H2,1-2H3,(H3,18,20,21,24). The Kier molecular flexibility index (Phi) is 4.86. The first-order chi connectivity index (χ1) is 11.4. The maximum atomic E-state index is 11.5. The number of aryl methyl sites for hydroxylation is 1. The first-order valence-electron chi connectivity index (χ1n) is 7.85. The molecule has 3 N–H and O–H groups in total. The molecule has 0 bridgehead atoms. The number of aromatic nitrogens is 3. The van der Waals surface area contributed by atoms with E-state index in [1.807, 2.05) is 13.2 Å². The molecule has 7 nitrogen and oxygen atoms in total. The van der Waals surface area contributed by atoms with E-state index in [0.717, 1.165) is 29.8 Å². The van der Waals surface area contributed by atoms with E-state index in [9.17, 15) is 4.79 Å². The molecule has 2 aromatic heterocycles. The van der Waals surface area contributed by atoms with Gasteiger partial charge in [-0.1, -0.05) is 0 Å². The molecule has 3 heterocycles. The van der Waals surface area contributed by atoms with Crippen molar-refractivity contribution in [1.82, 2.24) is 19.9 Å². The molecule has 0 amide bonds. The van der Waals surface area contributed by atoms with Crippen molar-refractivity contribution >= 4 is 27.7 Å². The highest BCUT2D eigenvalue weighted by Gasteiger charge is 2.27. The lowest BCUT2D eigenvalue weighted by molar-refractivity contribution is 0.247. The number of hydrogen-bond donors (Lipinski definition) is 2. The van der Waals surface area contributed by atoms with Crippen LogP contribution in [0.1, 0.15) is 17.7 Å². The zero-order valence-corrected chi connectivity index (χ0v) is 15.4. The van der Waals surface area contributed by atoms with Crippen LogP contribution in [0.2, 0.25) is 0 Å². The van der Waals surface area contributed by atoms with Crippen LogP contribution >= 0.6 is 15.9 Å². The van der Waals surface area contributed by atoms with Gasteiger partial charge < -0.3 is 10.6 Å². The fourth-order valence-electron chi connectivity index (χ4n) is 3.00. The summed E-state index contributed by atoms with van der Waals surface area (Å²) in [6.45, 7) is 4.54. The average Bonchev–Trinajstić information content (AvgIpc) is 2.99. The summed E-state index contributed by atoms with van der Waals surface area (Å²) in [6, 6.07) is 3.99. The number of anilines is 2. The molecule has 0 saturated carbocycles. The summed E-state index contributed by atoms with van der Waals surface area (Å²) in [6.07, 6.45) is 2.90. The third-order valence-corrected chi connectivity index (χ3v) is 5.20. The summed E-state index contributed by atoms with van der Waals surface area (Å²) < 4.78 is 1.03. The number of likely N-dealkylation sites (N-methyl/N-ethyl adjacent to an activating group) is 1. The number of halogens is 1. The molecule has 8 heteroatoms. The molecule has 128 valence electrons. The Morgan fingerprint density at radius 1 is 1.50 bits per heavy atom. The minimum Gasteiger partial charge on any atom is -0.369 e. The van der Waals surface area contributed by atoms with Gasteiger partial charge in [-0.05, 0) is 48.0 Å². The van der Waals surface area contributed by atoms with Gasteiger partial charge in [-0.2, -0.15) is 0 Å². The topological polar surface area (TPSA) is 91.1 Å². The highest BCUT2D eigenvalue weighted by molar-refractivity contribution is 9.10. The van der Waals surface area contributed by atoms with Gasteiger partial charge in [-0.25, -0.2) is 9.97 Å². The molecule has 1 fully saturated rings. The quantitative estimate of drug-likeness (QED) is 0.819. The van der Waals surface area contributed by atoms with E-state index in [-0.39, 0.29) is 11.5 Å². The number of hydrogen-bond acceptors (Lipinski definition) is 6. The normalized spacial score (nSPS) is 17.7. The van der Waals surface area contributed by atoms with Gasteiger partial charge in [-0.15, -0.1) is 0 Å². The highest BCUT2D eigenvalue weighted by Crippen LogP contribution is 2.24. The summed E-state index contributed by atoms with van der Waals surface area (Å²) in [5.41, 5.74) is 7.26. The molecular weight excluding hydrogens is 372 g/mol. The van der Waals surface area contributed by atoms with E-state index in [4.69, 9.17) is 5.73 Å². The van der Waals surface area contributed by atoms with Crippen LogP contribution in [0.3, 0.4) is 0 Å². The molecule has 0 spiro atoms. The minimum atomic E-state index is -0.214. The zero-order chi connectivity index (χ0) is 17.3. The fraction of sp³-hybridized carbons (Fsp3) is 0.438. The van der Waals surface area contributed by atoms with E-state index in [0.29, 0.717) is 18.3 Å². The Morgan fingerprint density at radius 2 is 2.29 bits per heavy atom. The summed E-state index contributed by atoms with van der Waals surface area (Å²) in [7, 11) is 2.05. The van der Waals surface area contributed by atoms with Gasteiger partial charge in [0.05, 0.1) is 5.69 Å². The molecule has 0 aliphatic carbocycles. The summed E-state index contributed by atoms with van der Waals surface area (Å²) >= 11 is 3.49. The zero-order valence-electron chi connectivity index (χ0n) is 13.8. The predicted octanol–water partition coefficient (Wildman–Crippen LogP) is 1.53. The maximum absolute atomic E-state index is 11.5. The van der Waals surface area contributed by atoms with Crippen molar-refractivity contribution < 1.29 is 0 Å². The number of rotatable bonds is 4. The molecule has 1 saturated heterocycles. The Balaban J connectivity index is 1.66. The van der Waals surface area contributed by atoms with Gasteiger partial charge in [0, 0.05) is 42.4 Å². The highest BCUT2D eigenvalue weighted by atomic mass is 79.9. The Hall–Kier alpha value is -1.93. The molecule has 1 unspecified atom stereocenters. The lowest BCUT2D eigenvalue weighted by atomic mass is 10.2. The molecular formula is C16H21BrN6O. The molecule has 3 rings (SSSR count). The lowest BCUT2D eigenvalue weighted by Gasteiger charge is -2.24. The van der Waals surface area contributed by atoms with Crippen molar-refractivity contribution in [3.63, 3.8) is 0 Å². The second-order valence-corrected chi connectivity index (χ2v) is 7.07. The Bertz CT molecular complexity index is 792. The SMILES string of the molecule is Cc1cc(N2CCC(N(C)Cc3cc(=O)[nH]c(N)n3)C2)ncc1Br. The molecule has 1 aliphatic heterocycles. The third-order valence-electron chi connectivity index (χ3n) is 4.37. The van der Waals surface area contributed by atoms with Crippen LogP contribution < -0.4 is 16.2 Å². The second kappa shape index (κ2) is 6.90. The predicted molar refractivity (Wildman–Crippen MR) is 98.0 cm³/mol. The number of nitrogen functional groups attached to an aromatic ring is 1. The van der Waals surface area contributed by atoms with E-state index in [2.05, 4.69) is 53.7 Å². The summed E-state index contributed by atoms with van der Waals surface area (Å²) in [4.78, 5) is 27.2. The molecule has 1 atom stereocenters. The van der Waals surface area contributed by atoms with Crippen molar-refractivity contribution in [3.05, 3.63) is 44.4 Å². The van der Waals surface area contributed by atoms with Crippen molar-refractivity contribution in [3.8, 4) is 0 Å². The number of H-pyrrole nitrogens is 1. The maximum Gasteiger partial charge on any atom is 0.252 e. The van der Waals surface area contributed by atoms with Crippen LogP contribution in [0, 0.1) is 6.92 Å². The van der Waals surface area contributed by atoms with Crippen LogP contribution in [0.4, 0.5) is 11.8 Å². The number of pyridine rings is 1. The first kappa shape index (κ1) is 16.9. The smallest absolute Gasteiger partial charge is 0.252 e. The Morgan fingerprint density at radius 3 is 3.00 bits per heavy atom. The van der Waals surface area contributed by atoms with Gasteiger partial charge >= 0.3 is 0 Å². The summed E-state index contributed by atoms with van der Waals surface area (Å²) in [5.74, 6) is 1.17. The molecule has 0 radical (unpaired) electrons. The van der Waals surface area contributed by atoms with Crippen LogP contribution in [0.25, 0.3) is 0 Å². The van der Waals surface area contributed by atoms with Gasteiger partial charge in [0.2, 0.25) is 5.95 Å². The van der Waals surface area contributed by atoms with E-state index < -0.39 is 0 Å². The molecule has 24 heavy (non-hydrogen) atoms. The third kappa shape index (κ3) is 3.76. The fourth-order valence-corrected chi connectivity index (χ4v) is 3.22. The second-order valence-electron chi connectivity index (χ2n) is 6.22. The van der Waals surface area contributed by atoms with E-state index in [1.54, 1.807) is 0 Å². The monoisotopic (exact) mass is 392 g/mol. The van der Waals surface area contributed by atoms with Crippen LogP contribution in [0.5, 0.6) is 0 Å². The number of nitrogens with two attached hydrogens (primary N) is 1. The van der Waals surface area contributed by atoms with Gasteiger partial charge in [0.15, 0.2) is 0 Å². The van der Waals surface area contributed by atoms with Crippen molar-refractivity contribution in [2.24, 2.45) is 0 Å².